The zero-order chi connectivity index (χ0) is 60.9. The predicted octanol–water partition coefficient (Wildman–Crippen LogP) is 16.4. The molecule has 0 aliphatic carbocycles. The summed E-state index contributed by atoms with van der Waals surface area (Å²) >= 11 is 0. The quantitative estimate of drug-likeness (QED) is 0.0943. The lowest BCUT2D eigenvalue weighted by Crippen LogP contribution is -2.65. The molecule has 0 radical (unpaired) electrons. The molecule has 12 aromatic carbocycles. The number of hydrogen-bond donors (Lipinski definition) is 0. The van der Waals surface area contributed by atoms with E-state index in [1.807, 2.05) is 12.2 Å². The topological polar surface area (TPSA) is 34.7 Å². The van der Waals surface area contributed by atoms with Gasteiger partial charge >= 0.3 is 0 Å². The minimum absolute atomic E-state index is 0.200. The van der Waals surface area contributed by atoms with Gasteiger partial charge in [0.1, 0.15) is 31.1 Å². The molecule has 0 fully saturated rings. The van der Waals surface area contributed by atoms with Crippen LogP contribution in [0.5, 0.6) is 23.0 Å². The molecule has 0 saturated carbocycles. The van der Waals surface area contributed by atoms with Crippen molar-refractivity contribution in [2.24, 2.45) is 0 Å². The van der Waals surface area contributed by atoms with Gasteiger partial charge in [0.25, 0.3) is 13.4 Å². The number of fused-ring (bicyclic) bond motifs is 10. The normalized spacial score (nSPS) is 14.1. The van der Waals surface area contributed by atoms with Gasteiger partial charge in [-0.1, -0.05) is 196 Å². The van der Waals surface area contributed by atoms with Crippen molar-refractivity contribution in [2.75, 3.05) is 24.5 Å². The monoisotopic (exact) mass is 1190 g/mol. The molecule has 91 heavy (non-hydrogen) atoms. The number of nitrogens with zero attached hydrogens (tertiary/aromatic N) is 5. The average Bonchev–Trinajstić information content (AvgIpc) is 0.700. The van der Waals surface area contributed by atoms with Crippen molar-refractivity contribution >= 4 is 144 Å². The summed E-state index contributed by atoms with van der Waals surface area (Å²) < 4.78 is 15.5. The summed E-state index contributed by atoms with van der Waals surface area (Å²) in [4.78, 5) is 12.1. The molecule has 0 atom stereocenters. The van der Waals surface area contributed by atoms with Gasteiger partial charge in [0.15, 0.2) is 0 Å². The van der Waals surface area contributed by atoms with Crippen molar-refractivity contribution in [2.45, 2.75) is 20.0 Å². The first-order valence-electron chi connectivity index (χ1n) is 31.3. The molecule has 7 nitrogen and oxygen atoms in total. The third-order valence-electron chi connectivity index (χ3n) is 18.9. The smallest absolute Gasteiger partial charge is 0.256 e. The Morgan fingerprint density at radius 2 is 0.824 bits per heavy atom. The molecule has 0 aromatic heterocycles. The van der Waals surface area contributed by atoms with Gasteiger partial charge in [0.05, 0.1) is 11.4 Å². The maximum absolute atomic E-state index is 7.75. The third-order valence-corrected chi connectivity index (χ3v) is 22.4. The van der Waals surface area contributed by atoms with Crippen LogP contribution in [-0.2, 0) is 0 Å². The molecule has 432 valence electrons. The number of rotatable bonds is 11. The lowest BCUT2D eigenvalue weighted by atomic mass is 9.31. The second-order valence-electron chi connectivity index (χ2n) is 24.5. The van der Waals surface area contributed by atoms with Gasteiger partial charge in [-0.15, -0.1) is 0 Å². The third kappa shape index (κ3) is 8.65. The second-order valence-corrected chi connectivity index (χ2v) is 28.8. The van der Waals surface area contributed by atoms with Crippen molar-refractivity contribution in [3.63, 3.8) is 0 Å². The van der Waals surface area contributed by atoms with Gasteiger partial charge in [-0.2, -0.15) is 0 Å². The summed E-state index contributed by atoms with van der Waals surface area (Å²) in [6.07, 6.45) is 7.99. The van der Waals surface area contributed by atoms with Crippen LogP contribution >= 0.6 is 0 Å². The van der Waals surface area contributed by atoms with Gasteiger partial charge < -0.3 is 34.0 Å². The van der Waals surface area contributed by atoms with Crippen molar-refractivity contribution < 1.29 is 9.47 Å². The largest absolute Gasteiger partial charge is 0.458 e. The fraction of sp³-hybridized carbons (Fsp3) is 0.0370. The van der Waals surface area contributed by atoms with Crippen LogP contribution in [0.1, 0.15) is 6.92 Å². The maximum atomic E-state index is 7.75. The van der Waals surface area contributed by atoms with Crippen LogP contribution < -0.4 is 77.1 Å². The Kier molecular flexibility index (Phi) is 12.8. The standard InChI is InChI=1S/C81H61B2N5O2Si/c1-5-6-13-30-55(2)84(56-31-14-7-15-32-56)62-47-73-81-76(49-62)90-75-54-71-79(91(3,4)78-46-29-28-45-69(78)87(71)60-39-22-11-23-40-60)52-67(75)83(81)65-51-66-74(53-70(65)88(73)61-41-24-12-25-42-61)89-77-50-63(85(57-33-16-8-17-34-57)58-35-18-9-19-36-58)48-72-80(77)82(66)64-43-26-27-44-68(64)86(72)59-37-20-10-21-38-59/h5-54H,1H2,2-4H3/b13-6-,55-30+. The maximum Gasteiger partial charge on any atom is 0.256 e. The minimum atomic E-state index is -2.41. The first kappa shape index (κ1) is 54.0. The van der Waals surface area contributed by atoms with E-state index in [0.717, 1.165) is 124 Å². The zero-order valence-corrected chi connectivity index (χ0v) is 51.8. The van der Waals surface area contributed by atoms with Crippen LogP contribution in [-0.4, -0.2) is 21.5 Å². The lowest BCUT2D eigenvalue weighted by molar-refractivity contribution is 0.487. The van der Waals surface area contributed by atoms with Crippen molar-refractivity contribution in [3.8, 4) is 23.0 Å². The van der Waals surface area contributed by atoms with E-state index in [9.17, 15) is 0 Å². The van der Waals surface area contributed by atoms with Gasteiger partial charge in [0.2, 0.25) is 0 Å². The molecule has 0 unspecified atom stereocenters. The highest BCUT2D eigenvalue weighted by Crippen LogP contribution is 2.50. The molecule has 5 aliphatic heterocycles. The van der Waals surface area contributed by atoms with E-state index in [0.29, 0.717) is 0 Å². The number of allylic oxidation sites excluding steroid dienone is 5. The number of para-hydroxylation sites is 8. The number of anilines is 14. The highest BCUT2D eigenvalue weighted by atomic mass is 28.3. The van der Waals surface area contributed by atoms with Crippen LogP contribution in [0.4, 0.5) is 79.6 Å². The van der Waals surface area contributed by atoms with Gasteiger partial charge in [-0.3, -0.25) is 0 Å². The minimum Gasteiger partial charge on any atom is -0.458 e. The second kappa shape index (κ2) is 21.5. The number of benzene rings is 12. The molecule has 12 aromatic rings. The van der Waals surface area contributed by atoms with E-state index in [-0.39, 0.29) is 13.4 Å². The summed E-state index contributed by atoms with van der Waals surface area (Å²) in [5.41, 5.74) is 22.9. The first-order chi connectivity index (χ1) is 44.8. The molecule has 5 heterocycles. The van der Waals surface area contributed by atoms with E-state index in [1.54, 1.807) is 0 Å². The highest BCUT2D eigenvalue weighted by molar-refractivity contribution is 7.05. The zero-order valence-electron chi connectivity index (χ0n) is 50.8. The molecule has 0 amide bonds. The average molecular weight is 1190 g/mol. The summed E-state index contributed by atoms with van der Waals surface area (Å²) in [6.45, 7) is 10.7. The molecular weight excluding hydrogens is 1120 g/mol. The molecule has 0 saturated heterocycles. The SMILES string of the molecule is C=C/C=C\C=C(/C)N(c1ccccc1)c1cc2c3c(c1)N(c1ccccc1)c1cc4c(cc1B3c1cc3c(cc1O2)N(c1ccccc1)c1ccccc1[Si]3(C)C)B1c2ccccc2N(c2ccccc2)c2cc(N(c3ccccc3)c3ccccc3)cc(c21)O4. The van der Waals surface area contributed by atoms with Crippen LogP contribution in [0.3, 0.4) is 0 Å². The molecule has 0 bridgehead atoms. The molecule has 5 aliphatic rings. The fourth-order valence-corrected chi connectivity index (χ4v) is 18.0. The molecule has 10 heteroatoms. The van der Waals surface area contributed by atoms with E-state index in [1.165, 1.54) is 27.0 Å². The Labute approximate surface area is 533 Å². The predicted molar refractivity (Wildman–Crippen MR) is 386 cm³/mol. The van der Waals surface area contributed by atoms with Crippen molar-refractivity contribution in [1.29, 1.82) is 0 Å². The van der Waals surface area contributed by atoms with E-state index in [4.69, 9.17) is 9.47 Å². The van der Waals surface area contributed by atoms with Gasteiger partial charge in [0, 0.05) is 98.2 Å². The van der Waals surface area contributed by atoms with E-state index >= 15 is 0 Å². The van der Waals surface area contributed by atoms with E-state index in [2.05, 4.69) is 342 Å². The Morgan fingerprint density at radius 3 is 1.41 bits per heavy atom. The highest BCUT2D eigenvalue weighted by Gasteiger charge is 2.49. The molecular formula is C81H61B2N5O2Si. The number of ether oxygens (including phenoxy) is 2. The van der Waals surface area contributed by atoms with Crippen LogP contribution in [0, 0.1) is 0 Å². The van der Waals surface area contributed by atoms with Crippen molar-refractivity contribution in [1.82, 2.24) is 0 Å². The van der Waals surface area contributed by atoms with Crippen LogP contribution in [0.2, 0.25) is 13.1 Å². The first-order valence-corrected chi connectivity index (χ1v) is 34.3. The Morgan fingerprint density at radius 1 is 0.374 bits per heavy atom. The Bertz CT molecular complexity index is 4900. The fourth-order valence-electron chi connectivity index (χ4n) is 15.0. The Hall–Kier alpha value is -11.2. The van der Waals surface area contributed by atoms with Gasteiger partial charge in [-0.25, -0.2) is 0 Å². The molecule has 0 spiro atoms. The van der Waals surface area contributed by atoms with Crippen LogP contribution in [0.15, 0.2) is 316 Å². The molecule has 17 rings (SSSR count). The van der Waals surface area contributed by atoms with Crippen LogP contribution in [0.25, 0.3) is 0 Å². The van der Waals surface area contributed by atoms with Gasteiger partial charge in [-0.05, 0) is 153 Å². The summed E-state index contributed by atoms with van der Waals surface area (Å²) in [6, 6.07) is 102. The summed E-state index contributed by atoms with van der Waals surface area (Å²) in [7, 11) is -2.41. The van der Waals surface area contributed by atoms with E-state index < -0.39 is 8.07 Å². The molecule has 0 N–H and O–H groups in total. The van der Waals surface area contributed by atoms with Crippen molar-refractivity contribution in [3.05, 3.63) is 316 Å². The number of hydrogen-bond acceptors (Lipinski definition) is 7. The summed E-state index contributed by atoms with van der Waals surface area (Å²) in [5, 5.41) is 2.77. The Balaban J connectivity index is 0.952. The summed E-state index contributed by atoms with van der Waals surface area (Å²) in [5.74, 6) is 3.28. The lowest BCUT2D eigenvalue weighted by Gasteiger charge is -2.45.